The van der Waals surface area contributed by atoms with E-state index in [-0.39, 0.29) is 12.6 Å². The molecule has 0 amide bonds. The van der Waals surface area contributed by atoms with Crippen molar-refractivity contribution in [1.82, 2.24) is 9.97 Å². The molecule has 2 N–H and O–H groups in total. The molecule has 2 aromatic rings. The van der Waals surface area contributed by atoms with E-state index in [2.05, 4.69) is 27.4 Å². The number of nitrogens with one attached hydrogen (secondary N) is 1. The van der Waals surface area contributed by atoms with E-state index >= 15 is 0 Å². The topological polar surface area (TPSA) is 58.0 Å². The summed E-state index contributed by atoms with van der Waals surface area (Å²) >= 11 is 0. The Hall–Kier alpha value is -1.94. The molecule has 0 bridgehead atoms. The van der Waals surface area contributed by atoms with Crippen LogP contribution < -0.4 is 5.32 Å². The largest absolute Gasteiger partial charge is 0.396 e. The minimum absolute atomic E-state index is 0.121. The van der Waals surface area contributed by atoms with Gasteiger partial charge in [-0.2, -0.15) is 0 Å². The van der Waals surface area contributed by atoms with Crippen LogP contribution in [0, 0.1) is 6.92 Å². The average Bonchev–Trinajstić information content (AvgIpc) is 2.46. The van der Waals surface area contributed by atoms with Gasteiger partial charge in [0.15, 0.2) is 0 Å². The average molecular weight is 257 g/mol. The number of rotatable bonds is 6. The second-order valence-corrected chi connectivity index (χ2v) is 4.56. The molecule has 0 fully saturated rings. The quantitative estimate of drug-likeness (QED) is 0.835. The summed E-state index contributed by atoms with van der Waals surface area (Å²) in [5.41, 5.74) is 2.22. The molecule has 0 spiro atoms. The number of anilines is 1. The van der Waals surface area contributed by atoms with Crippen molar-refractivity contribution in [3.63, 3.8) is 0 Å². The highest BCUT2D eigenvalue weighted by atomic mass is 16.2. The lowest BCUT2D eigenvalue weighted by Crippen LogP contribution is -2.13. The lowest BCUT2D eigenvalue weighted by atomic mass is 10.0. The van der Waals surface area contributed by atoms with Crippen LogP contribution in [0.1, 0.15) is 30.0 Å². The lowest BCUT2D eigenvalue weighted by Gasteiger charge is -2.18. The minimum Gasteiger partial charge on any atom is -0.396 e. The van der Waals surface area contributed by atoms with Crippen LogP contribution in [0.3, 0.4) is 0 Å². The van der Waals surface area contributed by atoms with E-state index in [1.165, 1.54) is 5.56 Å². The molecule has 1 aromatic heterocycles. The Labute approximate surface area is 113 Å². The van der Waals surface area contributed by atoms with Crippen LogP contribution in [0.4, 0.5) is 5.95 Å². The van der Waals surface area contributed by atoms with Crippen molar-refractivity contribution >= 4 is 5.95 Å². The van der Waals surface area contributed by atoms with Gasteiger partial charge in [-0.05, 0) is 30.9 Å². The maximum Gasteiger partial charge on any atom is 0.223 e. The highest BCUT2D eigenvalue weighted by Gasteiger charge is 2.11. The summed E-state index contributed by atoms with van der Waals surface area (Å²) in [7, 11) is 0. The molecule has 0 radical (unpaired) electrons. The summed E-state index contributed by atoms with van der Waals surface area (Å²) < 4.78 is 0. The molecule has 100 valence electrons. The van der Waals surface area contributed by atoms with Crippen LogP contribution in [0.2, 0.25) is 0 Å². The fourth-order valence-corrected chi connectivity index (χ4v) is 1.93. The SMILES string of the molecule is Cc1cnc(NC(CCCO)c2ccccc2)nc1. The predicted molar refractivity (Wildman–Crippen MR) is 75.9 cm³/mol. The monoisotopic (exact) mass is 257 g/mol. The zero-order valence-electron chi connectivity index (χ0n) is 11.1. The summed E-state index contributed by atoms with van der Waals surface area (Å²) in [6.07, 6.45) is 5.18. The molecule has 0 aliphatic carbocycles. The van der Waals surface area contributed by atoms with Gasteiger partial charge in [0.2, 0.25) is 5.95 Å². The summed E-state index contributed by atoms with van der Waals surface area (Å²) in [6.45, 7) is 2.16. The van der Waals surface area contributed by atoms with Crippen molar-refractivity contribution in [2.75, 3.05) is 11.9 Å². The highest BCUT2D eigenvalue weighted by molar-refractivity contribution is 5.32. The maximum absolute atomic E-state index is 9.01. The van der Waals surface area contributed by atoms with E-state index in [0.29, 0.717) is 5.95 Å². The number of aliphatic hydroxyl groups is 1. The maximum atomic E-state index is 9.01. The molecule has 1 atom stereocenters. The Kier molecular flexibility index (Phi) is 4.86. The Morgan fingerprint density at radius 3 is 2.47 bits per heavy atom. The van der Waals surface area contributed by atoms with Gasteiger partial charge in [0, 0.05) is 19.0 Å². The normalized spacial score (nSPS) is 12.1. The van der Waals surface area contributed by atoms with E-state index in [9.17, 15) is 0 Å². The smallest absolute Gasteiger partial charge is 0.223 e. The van der Waals surface area contributed by atoms with Crippen LogP contribution in [-0.4, -0.2) is 21.7 Å². The predicted octanol–water partition coefficient (Wildman–Crippen LogP) is 2.71. The number of benzene rings is 1. The zero-order valence-corrected chi connectivity index (χ0v) is 11.1. The van der Waals surface area contributed by atoms with Crippen molar-refractivity contribution in [2.24, 2.45) is 0 Å². The summed E-state index contributed by atoms with van der Waals surface area (Å²) in [5, 5.41) is 12.3. The van der Waals surface area contributed by atoms with Crippen LogP contribution >= 0.6 is 0 Å². The number of hydrogen-bond acceptors (Lipinski definition) is 4. The molecule has 0 aliphatic heterocycles. The molecule has 0 saturated heterocycles. The van der Waals surface area contributed by atoms with Gasteiger partial charge in [0.1, 0.15) is 0 Å². The fourth-order valence-electron chi connectivity index (χ4n) is 1.93. The molecular weight excluding hydrogens is 238 g/mol. The van der Waals surface area contributed by atoms with Crippen LogP contribution in [0.5, 0.6) is 0 Å². The van der Waals surface area contributed by atoms with E-state index in [1.54, 1.807) is 12.4 Å². The van der Waals surface area contributed by atoms with Crippen molar-refractivity contribution in [3.05, 3.63) is 53.9 Å². The van der Waals surface area contributed by atoms with Crippen molar-refractivity contribution in [3.8, 4) is 0 Å². The zero-order chi connectivity index (χ0) is 13.5. The first-order valence-electron chi connectivity index (χ1n) is 6.50. The van der Waals surface area contributed by atoms with E-state index in [0.717, 1.165) is 18.4 Å². The number of hydrogen-bond donors (Lipinski definition) is 2. The fraction of sp³-hybridized carbons (Fsp3) is 0.333. The van der Waals surface area contributed by atoms with E-state index in [4.69, 9.17) is 5.11 Å². The standard InChI is InChI=1S/C15H19N3O/c1-12-10-16-15(17-11-12)18-14(8-5-9-19)13-6-3-2-4-7-13/h2-4,6-7,10-11,14,19H,5,8-9H2,1H3,(H,16,17,18). The molecule has 19 heavy (non-hydrogen) atoms. The molecule has 1 heterocycles. The second kappa shape index (κ2) is 6.85. The van der Waals surface area contributed by atoms with Crippen molar-refractivity contribution in [1.29, 1.82) is 0 Å². The molecular formula is C15H19N3O. The summed E-state index contributed by atoms with van der Waals surface area (Å²) in [5.74, 6) is 0.623. The number of aryl methyl sites for hydroxylation is 1. The molecule has 1 aromatic carbocycles. The Morgan fingerprint density at radius 2 is 1.84 bits per heavy atom. The summed E-state index contributed by atoms with van der Waals surface area (Å²) in [4.78, 5) is 8.53. The van der Waals surface area contributed by atoms with E-state index in [1.807, 2.05) is 25.1 Å². The van der Waals surface area contributed by atoms with Gasteiger partial charge in [-0.1, -0.05) is 30.3 Å². The van der Waals surface area contributed by atoms with Crippen LogP contribution in [0.15, 0.2) is 42.7 Å². The van der Waals surface area contributed by atoms with Gasteiger partial charge < -0.3 is 10.4 Å². The van der Waals surface area contributed by atoms with Crippen LogP contribution in [0.25, 0.3) is 0 Å². The molecule has 4 nitrogen and oxygen atoms in total. The van der Waals surface area contributed by atoms with Gasteiger partial charge in [0.25, 0.3) is 0 Å². The molecule has 2 rings (SSSR count). The third kappa shape index (κ3) is 4.03. The van der Waals surface area contributed by atoms with Crippen molar-refractivity contribution < 1.29 is 5.11 Å². The first kappa shape index (κ1) is 13.5. The first-order valence-corrected chi connectivity index (χ1v) is 6.50. The number of nitrogens with zero attached hydrogens (tertiary/aromatic N) is 2. The molecule has 0 aliphatic rings. The molecule has 4 heteroatoms. The molecule has 0 saturated carbocycles. The number of aliphatic hydroxyl groups excluding tert-OH is 1. The Morgan fingerprint density at radius 1 is 1.16 bits per heavy atom. The third-order valence-electron chi connectivity index (χ3n) is 2.94. The van der Waals surface area contributed by atoms with E-state index < -0.39 is 0 Å². The Bertz CT molecular complexity index is 485. The second-order valence-electron chi connectivity index (χ2n) is 4.56. The van der Waals surface area contributed by atoms with Gasteiger partial charge in [0.05, 0.1) is 6.04 Å². The van der Waals surface area contributed by atoms with Gasteiger partial charge in [-0.15, -0.1) is 0 Å². The highest BCUT2D eigenvalue weighted by Crippen LogP contribution is 2.21. The van der Waals surface area contributed by atoms with Gasteiger partial charge >= 0.3 is 0 Å². The Balaban J connectivity index is 2.11. The minimum atomic E-state index is 0.121. The van der Waals surface area contributed by atoms with Gasteiger partial charge in [-0.3, -0.25) is 0 Å². The first-order chi connectivity index (χ1) is 9.29. The van der Waals surface area contributed by atoms with Crippen LogP contribution in [-0.2, 0) is 0 Å². The summed E-state index contributed by atoms with van der Waals surface area (Å²) in [6, 6.07) is 10.3. The number of aromatic nitrogens is 2. The van der Waals surface area contributed by atoms with Gasteiger partial charge in [-0.25, -0.2) is 9.97 Å². The third-order valence-corrected chi connectivity index (χ3v) is 2.94. The van der Waals surface area contributed by atoms with Crippen molar-refractivity contribution in [2.45, 2.75) is 25.8 Å². The molecule has 1 unspecified atom stereocenters. The lowest BCUT2D eigenvalue weighted by molar-refractivity contribution is 0.281.